The first-order valence-electron chi connectivity index (χ1n) is 22.9. The summed E-state index contributed by atoms with van der Waals surface area (Å²) in [7, 11) is 1.22. The molecule has 1 aliphatic carbocycles. The molecule has 2 heterocycles. The van der Waals surface area contributed by atoms with Crippen LogP contribution in [0.3, 0.4) is 0 Å². The molecule has 1 aliphatic heterocycles. The highest BCUT2D eigenvalue weighted by Gasteiger charge is 2.34. The molecule has 9 N–H and O–H groups in total. The van der Waals surface area contributed by atoms with Crippen molar-refractivity contribution < 1.29 is 58.1 Å². The number of fused-ring (bicyclic) bond motifs is 2. The van der Waals surface area contributed by atoms with Crippen LogP contribution >= 0.6 is 0 Å². The van der Waals surface area contributed by atoms with Crippen molar-refractivity contribution in [3.63, 3.8) is 0 Å². The van der Waals surface area contributed by atoms with Crippen LogP contribution in [0.25, 0.3) is 0 Å². The number of hydrogen-bond donors (Lipinski definition) is 8. The van der Waals surface area contributed by atoms with Crippen LogP contribution in [0.4, 0.5) is 4.79 Å². The first-order chi connectivity index (χ1) is 33.2. The summed E-state index contributed by atoms with van der Waals surface area (Å²) in [4.78, 5) is 84.4. The predicted octanol–water partition coefficient (Wildman–Crippen LogP) is 2.90. The summed E-state index contributed by atoms with van der Waals surface area (Å²) in [5, 5.41) is 41.2. The molecule has 2 aliphatic rings. The lowest BCUT2D eigenvalue weighted by molar-refractivity contribution is -0.123. The van der Waals surface area contributed by atoms with Crippen LogP contribution in [-0.4, -0.2) is 125 Å². The second-order valence-corrected chi connectivity index (χ2v) is 17.6. The molecule has 2 bridgehead atoms. The topological polar surface area (TPSA) is 291 Å². The number of aliphatic hydroxyl groups excluding tert-OH is 1. The van der Waals surface area contributed by atoms with Crippen LogP contribution in [-0.2, 0) is 39.8 Å². The number of primary amides is 1. The number of nitrogens with one attached hydrogen (secondary N) is 4. The van der Waals surface area contributed by atoms with E-state index in [1.54, 1.807) is 45.1 Å². The maximum Gasteiger partial charge on any atom is 0.475 e. The molecule has 19 nitrogen and oxygen atoms in total. The quantitative estimate of drug-likeness (QED) is 0.0724. The van der Waals surface area contributed by atoms with Crippen LogP contribution in [0.5, 0.6) is 0 Å². The molecular formula is C50H68BN7O12. The van der Waals surface area contributed by atoms with Crippen molar-refractivity contribution in [2.24, 2.45) is 23.5 Å². The lowest BCUT2D eigenvalue weighted by atomic mass is 9.75. The number of ether oxygens (including phenoxy) is 3. The van der Waals surface area contributed by atoms with Crippen molar-refractivity contribution in [2.45, 2.75) is 104 Å². The number of allylic oxidation sites excluding steroid dienone is 4. The van der Waals surface area contributed by atoms with E-state index in [-0.39, 0.29) is 59.5 Å². The average Bonchev–Trinajstić information content (AvgIpc) is 3.32. The average molecular weight is 970 g/mol. The van der Waals surface area contributed by atoms with E-state index in [2.05, 4.69) is 37.8 Å². The summed E-state index contributed by atoms with van der Waals surface area (Å²) >= 11 is 0. The van der Waals surface area contributed by atoms with Crippen LogP contribution in [0, 0.1) is 17.8 Å². The molecule has 2 aromatic rings. The van der Waals surface area contributed by atoms with Crippen LogP contribution in [0.15, 0.2) is 120 Å². The van der Waals surface area contributed by atoms with E-state index in [1.807, 2.05) is 51.1 Å². The van der Waals surface area contributed by atoms with Crippen molar-refractivity contribution in [1.82, 2.24) is 31.2 Å². The highest BCUT2D eigenvalue weighted by Crippen LogP contribution is 2.29. The predicted molar refractivity (Wildman–Crippen MR) is 263 cm³/mol. The Morgan fingerprint density at radius 3 is 2.33 bits per heavy atom. The number of aromatic nitrogens is 2. The van der Waals surface area contributed by atoms with Gasteiger partial charge in [0.1, 0.15) is 17.8 Å². The third-order valence-electron chi connectivity index (χ3n) is 11.3. The third-order valence-corrected chi connectivity index (χ3v) is 11.3. The molecule has 4 rings (SSSR count). The van der Waals surface area contributed by atoms with Crippen molar-refractivity contribution in [1.29, 1.82) is 0 Å². The Morgan fingerprint density at radius 1 is 1.04 bits per heavy atom. The fourth-order valence-corrected chi connectivity index (χ4v) is 7.71. The Hall–Kier alpha value is -6.58. The highest BCUT2D eigenvalue weighted by molar-refractivity contribution is 6.43. The van der Waals surface area contributed by atoms with Gasteiger partial charge in [-0.15, -0.1) is 6.58 Å². The first kappa shape index (κ1) is 57.7. The van der Waals surface area contributed by atoms with Gasteiger partial charge in [-0.2, -0.15) is 0 Å². The molecule has 70 heavy (non-hydrogen) atoms. The number of aliphatic hydroxyl groups is 1. The van der Waals surface area contributed by atoms with Crippen molar-refractivity contribution in [2.75, 3.05) is 20.8 Å². The molecule has 8 atom stereocenters. The van der Waals surface area contributed by atoms with Crippen LogP contribution < -0.4 is 27.0 Å². The van der Waals surface area contributed by atoms with E-state index in [4.69, 9.17) is 19.9 Å². The highest BCUT2D eigenvalue weighted by atomic mass is 16.6. The lowest BCUT2D eigenvalue weighted by Crippen LogP contribution is -2.55. The zero-order chi connectivity index (χ0) is 52.1. The Labute approximate surface area is 410 Å². The van der Waals surface area contributed by atoms with Gasteiger partial charge < -0.3 is 56.4 Å². The largest absolute Gasteiger partial charge is 0.475 e. The minimum atomic E-state index is -1.69. The SMILES string of the molecule is C=CCNC1=C2C[C@@H](C)C[C@H](OC)[C@H](O)[C@@H](C)/C=C(\C)[C@H](OC(N)=O)[C@@H](OC)/C=C\C=C(/C)C(=O)NC(=CC1=O)C2=O.CC(C)C[C@H](NC(=O)[C@H](Cc1ccccc1)NC(=O)c1cnccn1)B(O)O. The molecule has 378 valence electrons. The lowest BCUT2D eigenvalue weighted by Gasteiger charge is -2.30. The Bertz CT molecular complexity index is 2280. The van der Waals surface area contributed by atoms with Gasteiger partial charge in [0.2, 0.25) is 17.5 Å². The Morgan fingerprint density at radius 2 is 1.74 bits per heavy atom. The number of rotatable bonds is 15. The minimum Gasteiger partial charge on any atom is -0.439 e. The molecule has 1 aromatic heterocycles. The van der Waals surface area contributed by atoms with E-state index in [0.717, 1.165) is 11.6 Å². The number of nitrogens with zero attached hydrogens (tertiary/aromatic N) is 2. The van der Waals surface area contributed by atoms with Crippen LogP contribution in [0.2, 0.25) is 0 Å². The summed E-state index contributed by atoms with van der Waals surface area (Å²) in [5.41, 5.74) is 7.37. The van der Waals surface area contributed by atoms with E-state index in [0.29, 0.717) is 18.4 Å². The van der Waals surface area contributed by atoms with Gasteiger partial charge in [-0.3, -0.25) is 29.0 Å². The molecule has 0 unspecified atom stereocenters. The number of amides is 4. The Balaban J connectivity index is 0.000000401. The molecule has 0 fully saturated rings. The van der Waals surface area contributed by atoms with Gasteiger partial charge in [-0.05, 0) is 56.1 Å². The zero-order valence-electron chi connectivity index (χ0n) is 41.1. The number of benzene rings is 1. The Kier molecular flexibility index (Phi) is 23.8. The summed E-state index contributed by atoms with van der Waals surface area (Å²) in [6.45, 7) is 14.7. The van der Waals surface area contributed by atoms with Crippen molar-refractivity contribution in [3.8, 4) is 0 Å². The van der Waals surface area contributed by atoms with E-state index < -0.39 is 84.8 Å². The maximum absolute atomic E-state index is 13.5. The standard InChI is InChI=1S/C31H43N3O8.C19H25BN4O4/c1-8-12-33-26-21-13-17(2)14-25(41-7)27(36)19(4)15-20(5)29(42-31(32)39)24(40-6)11-9-10-18(3)30(38)34-22(28(21)37)16-23(26)35;1-13(2)10-17(20(27)28)24-18(25)15(11-14-6-4-3-5-7-14)23-19(26)16-12-21-8-9-22-16/h8-11,15-17,19,24-25,27,29,33,36H,1,12-14H2,2-7H3,(H2,32,39)(H,34,38);3-9,12-13,15,17,27-28H,10-11H2,1-2H3,(H,23,26)(H,24,25)/b11-9-,18-10+,20-15+;/t17-,19+,24+,25+,27-,29+;15-,17-/m10/s1. The fraction of sp³-hybridized carbons (Fsp3) is 0.440. The molecule has 0 spiro atoms. The van der Waals surface area contributed by atoms with E-state index >= 15 is 0 Å². The van der Waals surface area contributed by atoms with Gasteiger partial charge in [-0.1, -0.05) is 88.4 Å². The summed E-state index contributed by atoms with van der Waals surface area (Å²) in [5.74, 6) is -3.86. The van der Waals surface area contributed by atoms with E-state index in [9.17, 15) is 43.9 Å². The normalized spacial score (nSPS) is 24.1. The number of Topliss-reactive ketones (excluding diaryl/α,β-unsaturated/α-hetero) is 1. The second-order valence-electron chi connectivity index (χ2n) is 17.6. The number of carbonyl (C=O) groups is 6. The molecular weight excluding hydrogens is 901 g/mol. The van der Waals surface area contributed by atoms with Gasteiger partial charge in [-0.25, -0.2) is 9.78 Å². The fourth-order valence-electron chi connectivity index (χ4n) is 7.71. The van der Waals surface area contributed by atoms with Gasteiger partial charge in [0, 0.05) is 62.7 Å². The second kappa shape index (κ2) is 28.8. The minimum absolute atomic E-state index is 0.0919. The molecule has 1 aromatic carbocycles. The number of nitrogens with two attached hydrogens (primary N) is 1. The van der Waals surface area contributed by atoms with Crippen molar-refractivity contribution in [3.05, 3.63) is 131 Å². The maximum atomic E-state index is 13.5. The summed E-state index contributed by atoms with van der Waals surface area (Å²) < 4.78 is 16.6. The summed E-state index contributed by atoms with van der Waals surface area (Å²) in [6.07, 6.45) is 10.1. The number of ketones is 2. The van der Waals surface area contributed by atoms with Gasteiger partial charge in [0.15, 0.2) is 6.10 Å². The molecule has 4 amide bonds. The van der Waals surface area contributed by atoms with Crippen molar-refractivity contribution >= 4 is 42.5 Å². The summed E-state index contributed by atoms with van der Waals surface area (Å²) in [6, 6.07) is 8.33. The van der Waals surface area contributed by atoms with Gasteiger partial charge in [0.05, 0.1) is 35.7 Å². The number of carbonyl (C=O) groups excluding carboxylic acids is 6. The van der Waals surface area contributed by atoms with Crippen LogP contribution in [0.1, 0.15) is 76.9 Å². The molecule has 0 saturated carbocycles. The molecule has 0 saturated heterocycles. The molecule has 20 heteroatoms. The smallest absolute Gasteiger partial charge is 0.439 e. The number of hydrogen-bond acceptors (Lipinski definition) is 15. The molecule has 0 radical (unpaired) electrons. The van der Waals surface area contributed by atoms with Gasteiger partial charge in [0.25, 0.3) is 11.8 Å². The number of methoxy groups -OCH3 is 2. The van der Waals surface area contributed by atoms with E-state index in [1.165, 1.54) is 38.9 Å². The monoisotopic (exact) mass is 970 g/mol. The first-order valence-corrected chi connectivity index (χ1v) is 22.9. The van der Waals surface area contributed by atoms with Gasteiger partial charge >= 0.3 is 13.2 Å². The third kappa shape index (κ3) is 18.1. The zero-order valence-corrected chi connectivity index (χ0v) is 41.1.